The number of nitrogens with zero attached hydrogens (tertiary/aromatic N) is 1. The monoisotopic (exact) mass is 357 g/mol. The molecule has 0 saturated heterocycles. The van der Waals surface area contributed by atoms with Crippen LogP contribution in [-0.4, -0.2) is 13.4 Å². The van der Waals surface area contributed by atoms with Gasteiger partial charge in [-0.25, -0.2) is 4.98 Å². The Hall–Kier alpha value is -2.64. The lowest BCUT2D eigenvalue weighted by Gasteiger charge is -2.04. The molecule has 2 aromatic heterocycles. The fourth-order valence-corrected chi connectivity index (χ4v) is 4.11. The van der Waals surface area contributed by atoms with Crippen LogP contribution in [0.4, 0.5) is 0 Å². The minimum Gasteiger partial charge on any atom is -0.436 e. The molecule has 2 aromatic carbocycles. The number of aromatic nitrogens is 1. The highest BCUT2D eigenvalue weighted by molar-refractivity contribution is 7.89. The van der Waals surface area contributed by atoms with Crippen LogP contribution in [0.15, 0.2) is 74.7 Å². The van der Waals surface area contributed by atoms with Crippen LogP contribution in [0.1, 0.15) is 0 Å². The van der Waals surface area contributed by atoms with Crippen molar-refractivity contribution in [2.75, 3.05) is 0 Å². The minimum atomic E-state index is -3.83. The van der Waals surface area contributed by atoms with Crippen LogP contribution in [0.2, 0.25) is 0 Å². The third kappa shape index (κ3) is 2.79. The molecule has 0 saturated carbocycles. The maximum atomic E-state index is 12.2. The lowest BCUT2D eigenvalue weighted by atomic mass is 10.2. The molecule has 0 atom stereocenters. The molecule has 0 N–H and O–H groups in total. The SMILES string of the molecule is O=S(=O)(Oc1ccc2nc(-c3ccccc3)oc2c1)c1cccs1. The standard InChI is InChI=1S/C17H11NO4S2/c19-24(20,16-7-4-10-23-16)22-13-8-9-14-15(11-13)21-17(18-14)12-5-2-1-3-6-12/h1-11H. The van der Waals surface area contributed by atoms with Crippen molar-refractivity contribution in [2.24, 2.45) is 0 Å². The molecular weight excluding hydrogens is 346 g/mol. The van der Waals surface area contributed by atoms with E-state index in [-0.39, 0.29) is 9.96 Å². The third-order valence-electron chi connectivity index (χ3n) is 3.33. The Labute approximate surface area is 142 Å². The van der Waals surface area contributed by atoms with Crippen LogP contribution in [0.5, 0.6) is 5.75 Å². The summed E-state index contributed by atoms with van der Waals surface area (Å²) in [5.74, 6) is 0.663. The molecular formula is C17H11NO4S2. The first-order chi connectivity index (χ1) is 11.6. The van der Waals surface area contributed by atoms with Crippen molar-refractivity contribution in [1.82, 2.24) is 4.98 Å². The molecule has 0 amide bonds. The molecule has 5 nitrogen and oxygen atoms in total. The topological polar surface area (TPSA) is 69.4 Å². The van der Waals surface area contributed by atoms with E-state index in [1.807, 2.05) is 30.3 Å². The molecule has 120 valence electrons. The third-order valence-corrected chi connectivity index (χ3v) is 5.93. The van der Waals surface area contributed by atoms with E-state index in [0.29, 0.717) is 17.0 Å². The van der Waals surface area contributed by atoms with Crippen molar-refractivity contribution in [3.63, 3.8) is 0 Å². The summed E-state index contributed by atoms with van der Waals surface area (Å²) in [7, 11) is -3.83. The highest BCUT2D eigenvalue weighted by Gasteiger charge is 2.18. The summed E-state index contributed by atoms with van der Waals surface area (Å²) < 4.78 is 35.4. The van der Waals surface area contributed by atoms with E-state index in [9.17, 15) is 8.42 Å². The van der Waals surface area contributed by atoms with Gasteiger partial charge >= 0.3 is 10.1 Å². The molecule has 0 unspecified atom stereocenters. The van der Waals surface area contributed by atoms with Crippen molar-refractivity contribution < 1.29 is 17.0 Å². The van der Waals surface area contributed by atoms with E-state index in [2.05, 4.69) is 4.98 Å². The van der Waals surface area contributed by atoms with Crippen molar-refractivity contribution in [3.05, 3.63) is 66.0 Å². The Kier molecular flexibility index (Phi) is 3.59. The van der Waals surface area contributed by atoms with Crippen molar-refractivity contribution in [2.45, 2.75) is 4.21 Å². The van der Waals surface area contributed by atoms with Gasteiger partial charge in [-0.05, 0) is 35.7 Å². The van der Waals surface area contributed by atoms with Crippen molar-refractivity contribution in [3.8, 4) is 17.2 Å². The molecule has 2 heterocycles. The number of thiophene rings is 1. The van der Waals surface area contributed by atoms with Crippen LogP contribution in [0.25, 0.3) is 22.6 Å². The summed E-state index contributed by atoms with van der Waals surface area (Å²) in [6, 6.07) is 17.4. The highest BCUT2D eigenvalue weighted by atomic mass is 32.3. The second-order valence-electron chi connectivity index (χ2n) is 4.98. The Balaban J connectivity index is 1.69. The summed E-state index contributed by atoms with van der Waals surface area (Å²) in [5.41, 5.74) is 1.95. The van der Waals surface area contributed by atoms with Crippen LogP contribution in [0.3, 0.4) is 0 Å². The summed E-state index contributed by atoms with van der Waals surface area (Å²) >= 11 is 1.11. The van der Waals surface area contributed by atoms with E-state index in [4.69, 9.17) is 8.60 Å². The molecule has 0 aliphatic heterocycles. The molecule has 0 bridgehead atoms. The summed E-state index contributed by atoms with van der Waals surface area (Å²) in [4.78, 5) is 4.40. The summed E-state index contributed by atoms with van der Waals surface area (Å²) in [6.45, 7) is 0. The van der Waals surface area contributed by atoms with Crippen LogP contribution in [0, 0.1) is 0 Å². The van der Waals surface area contributed by atoms with Gasteiger partial charge in [-0.2, -0.15) is 8.42 Å². The predicted octanol–water partition coefficient (Wildman–Crippen LogP) is 4.32. The zero-order chi connectivity index (χ0) is 16.6. The molecule has 0 fully saturated rings. The maximum absolute atomic E-state index is 12.2. The summed E-state index contributed by atoms with van der Waals surface area (Å²) in [5, 5.41) is 1.68. The number of rotatable bonds is 4. The minimum absolute atomic E-state index is 0.158. The van der Waals surface area contributed by atoms with Crippen LogP contribution < -0.4 is 4.18 Å². The molecule has 4 rings (SSSR count). The van der Waals surface area contributed by atoms with Gasteiger partial charge in [0.1, 0.15) is 11.3 Å². The van der Waals surface area contributed by atoms with Gasteiger partial charge in [-0.3, -0.25) is 0 Å². The van der Waals surface area contributed by atoms with E-state index < -0.39 is 10.1 Å². The van der Waals surface area contributed by atoms with Gasteiger partial charge in [0.15, 0.2) is 9.79 Å². The lowest BCUT2D eigenvalue weighted by Crippen LogP contribution is -2.07. The number of oxazole rings is 1. The maximum Gasteiger partial charge on any atom is 0.348 e. The first-order valence-electron chi connectivity index (χ1n) is 7.06. The molecule has 0 radical (unpaired) electrons. The van der Waals surface area contributed by atoms with Gasteiger partial charge < -0.3 is 8.60 Å². The zero-order valence-electron chi connectivity index (χ0n) is 12.2. The molecule has 0 aliphatic rings. The van der Waals surface area contributed by atoms with Gasteiger partial charge in [0.05, 0.1) is 0 Å². The Morgan fingerprint density at radius 2 is 1.83 bits per heavy atom. The molecule has 0 spiro atoms. The average Bonchev–Trinajstić information content (AvgIpc) is 3.25. The Bertz CT molecular complexity index is 1080. The number of hydrogen-bond acceptors (Lipinski definition) is 6. The van der Waals surface area contributed by atoms with E-state index in [1.165, 1.54) is 12.1 Å². The normalized spacial score (nSPS) is 11.7. The van der Waals surface area contributed by atoms with E-state index in [1.54, 1.807) is 23.6 Å². The number of fused-ring (bicyclic) bond motifs is 1. The highest BCUT2D eigenvalue weighted by Crippen LogP contribution is 2.29. The Morgan fingerprint density at radius 3 is 2.58 bits per heavy atom. The molecule has 24 heavy (non-hydrogen) atoms. The quantitative estimate of drug-likeness (QED) is 0.509. The van der Waals surface area contributed by atoms with Crippen molar-refractivity contribution in [1.29, 1.82) is 0 Å². The van der Waals surface area contributed by atoms with Crippen molar-refractivity contribution >= 4 is 32.6 Å². The summed E-state index contributed by atoms with van der Waals surface area (Å²) in [6.07, 6.45) is 0. The second kappa shape index (κ2) is 5.77. The number of benzene rings is 2. The number of hydrogen-bond donors (Lipinski definition) is 0. The zero-order valence-corrected chi connectivity index (χ0v) is 13.9. The van der Waals surface area contributed by atoms with Gasteiger partial charge in [-0.1, -0.05) is 24.3 Å². The predicted molar refractivity (Wildman–Crippen MR) is 91.6 cm³/mol. The van der Waals surface area contributed by atoms with Gasteiger partial charge in [-0.15, -0.1) is 11.3 Å². The molecule has 7 heteroatoms. The van der Waals surface area contributed by atoms with E-state index in [0.717, 1.165) is 16.9 Å². The molecule has 4 aromatic rings. The Morgan fingerprint density at radius 1 is 1.00 bits per heavy atom. The fraction of sp³-hybridized carbons (Fsp3) is 0. The van der Waals surface area contributed by atoms with Crippen LogP contribution in [-0.2, 0) is 10.1 Å². The largest absolute Gasteiger partial charge is 0.436 e. The van der Waals surface area contributed by atoms with Crippen LogP contribution >= 0.6 is 11.3 Å². The van der Waals surface area contributed by atoms with Gasteiger partial charge in [0.25, 0.3) is 0 Å². The first-order valence-corrected chi connectivity index (χ1v) is 9.35. The van der Waals surface area contributed by atoms with E-state index >= 15 is 0 Å². The van der Waals surface area contributed by atoms with Gasteiger partial charge in [0, 0.05) is 11.6 Å². The second-order valence-corrected chi connectivity index (χ2v) is 7.70. The fourth-order valence-electron chi connectivity index (χ4n) is 2.23. The lowest BCUT2D eigenvalue weighted by molar-refractivity contribution is 0.488. The first kappa shape index (κ1) is 14.9. The molecule has 0 aliphatic carbocycles. The average molecular weight is 357 g/mol. The van der Waals surface area contributed by atoms with Gasteiger partial charge in [0.2, 0.25) is 5.89 Å². The smallest absolute Gasteiger partial charge is 0.348 e.